The van der Waals surface area contributed by atoms with E-state index in [1.807, 2.05) is 0 Å². The first-order chi connectivity index (χ1) is 10.4. The lowest BCUT2D eigenvalue weighted by Gasteiger charge is -2.09. The highest BCUT2D eigenvalue weighted by molar-refractivity contribution is 7.83. The lowest BCUT2D eigenvalue weighted by Crippen LogP contribution is -2.24. The van der Waals surface area contributed by atoms with Gasteiger partial charge in [-0.25, -0.2) is 0 Å². The Kier molecular flexibility index (Phi) is 5.15. The van der Waals surface area contributed by atoms with Gasteiger partial charge in [0, 0.05) is 39.7 Å². The van der Waals surface area contributed by atoms with Crippen LogP contribution in [-0.2, 0) is 16.6 Å². The zero-order valence-electron chi connectivity index (χ0n) is 12.1. The summed E-state index contributed by atoms with van der Waals surface area (Å²) in [6.07, 6.45) is 3.07. The van der Waals surface area contributed by atoms with Crippen molar-refractivity contribution in [2.24, 2.45) is 0 Å². The van der Waals surface area contributed by atoms with Gasteiger partial charge < -0.3 is 10.3 Å². The number of anilines is 1. The van der Waals surface area contributed by atoms with Gasteiger partial charge in [0.05, 0.1) is 0 Å². The number of aromatic amines is 1. The molecule has 1 heterocycles. The number of carbonyl (C=O) groups is 1. The van der Waals surface area contributed by atoms with E-state index in [0.717, 1.165) is 0 Å². The Labute approximate surface area is 135 Å². The number of amides is 1. The van der Waals surface area contributed by atoms with E-state index in [1.54, 1.807) is 37.4 Å². The molecule has 0 saturated carbocycles. The molecule has 2 rings (SSSR count). The van der Waals surface area contributed by atoms with Gasteiger partial charge in [-0.1, -0.05) is 11.6 Å². The molecule has 22 heavy (non-hydrogen) atoms. The number of hydrogen-bond donors (Lipinski definition) is 2. The maximum atomic E-state index is 12.3. The molecule has 1 aromatic carbocycles. The average Bonchev–Trinajstić information content (AvgIpc) is 2.42. The summed E-state index contributed by atoms with van der Waals surface area (Å²) in [7, 11) is -1.04. The van der Waals surface area contributed by atoms with E-state index in [2.05, 4.69) is 10.3 Å². The number of H-pyrrole nitrogens is 1. The molecule has 0 bridgehead atoms. The summed E-state index contributed by atoms with van der Waals surface area (Å²) in [4.78, 5) is 26.5. The van der Waals surface area contributed by atoms with Crippen LogP contribution in [-0.4, -0.2) is 21.4 Å². The van der Waals surface area contributed by atoms with Gasteiger partial charge in [-0.15, -0.1) is 0 Å². The fraction of sp³-hybridized carbons (Fsp3) is 0.200. The van der Waals surface area contributed by atoms with E-state index < -0.39 is 22.3 Å². The predicted molar refractivity (Wildman–Crippen MR) is 89.0 cm³/mol. The lowest BCUT2D eigenvalue weighted by molar-refractivity contribution is 0.102. The van der Waals surface area contributed by atoms with Gasteiger partial charge in [-0.3, -0.25) is 13.8 Å². The Morgan fingerprint density at radius 3 is 2.73 bits per heavy atom. The minimum Gasteiger partial charge on any atom is -0.328 e. The van der Waals surface area contributed by atoms with E-state index in [4.69, 9.17) is 11.6 Å². The van der Waals surface area contributed by atoms with Crippen LogP contribution in [0.2, 0.25) is 5.02 Å². The Morgan fingerprint density at radius 1 is 1.36 bits per heavy atom. The van der Waals surface area contributed by atoms with Crippen LogP contribution in [0.1, 0.15) is 21.5 Å². The maximum Gasteiger partial charge on any atom is 0.261 e. The van der Waals surface area contributed by atoms with Crippen molar-refractivity contribution >= 4 is 34.0 Å². The summed E-state index contributed by atoms with van der Waals surface area (Å²) in [6, 6.07) is 6.58. The highest BCUT2D eigenvalue weighted by Gasteiger charge is 2.14. The molecule has 0 saturated heterocycles. The van der Waals surface area contributed by atoms with Gasteiger partial charge in [0.15, 0.2) is 0 Å². The summed E-state index contributed by atoms with van der Waals surface area (Å²) in [5, 5.41) is 3.15. The molecule has 0 aliphatic rings. The molecule has 2 aromatic rings. The van der Waals surface area contributed by atoms with Crippen LogP contribution in [0.3, 0.4) is 0 Å². The van der Waals surface area contributed by atoms with E-state index in [1.165, 1.54) is 6.20 Å². The van der Waals surface area contributed by atoms with Crippen molar-refractivity contribution in [1.82, 2.24) is 4.98 Å². The summed E-state index contributed by atoms with van der Waals surface area (Å²) < 4.78 is 11.3. The van der Waals surface area contributed by atoms with Gasteiger partial charge in [0.1, 0.15) is 5.56 Å². The lowest BCUT2D eigenvalue weighted by atomic mass is 10.1. The van der Waals surface area contributed by atoms with Crippen molar-refractivity contribution in [3.05, 3.63) is 62.5 Å². The number of hydrogen-bond acceptors (Lipinski definition) is 3. The molecule has 2 N–H and O–H groups in total. The molecular weight excluding hydrogens is 324 g/mol. The van der Waals surface area contributed by atoms with Crippen molar-refractivity contribution in [3.63, 3.8) is 0 Å². The number of pyridine rings is 1. The second kappa shape index (κ2) is 6.89. The maximum absolute atomic E-state index is 12.3. The summed E-state index contributed by atoms with van der Waals surface area (Å²) in [5.41, 5.74) is 1.39. The van der Waals surface area contributed by atoms with Crippen molar-refractivity contribution < 1.29 is 9.00 Å². The second-order valence-electron chi connectivity index (χ2n) is 4.84. The highest BCUT2D eigenvalue weighted by Crippen LogP contribution is 2.22. The molecule has 0 radical (unpaired) electrons. The standard InChI is InChI=1S/C15H15ClN2O3S/c1-9-5-6-17-14(19)13(9)15(20)18-11-3-4-12(16)10(7-11)8-22(2)21/h3-7H,8H2,1-2H3,(H,17,19)(H,18,20)/t22-/m0/s1. The summed E-state index contributed by atoms with van der Waals surface area (Å²) in [6.45, 7) is 1.69. The molecule has 0 spiro atoms. The van der Waals surface area contributed by atoms with Gasteiger partial charge >= 0.3 is 0 Å². The van der Waals surface area contributed by atoms with Crippen LogP contribution in [0.15, 0.2) is 35.3 Å². The molecule has 116 valence electrons. The first-order valence-corrected chi connectivity index (χ1v) is 8.57. The first kappa shape index (κ1) is 16.5. The highest BCUT2D eigenvalue weighted by atomic mass is 35.5. The number of rotatable bonds is 4. The average molecular weight is 339 g/mol. The number of halogens is 1. The van der Waals surface area contributed by atoms with Crippen molar-refractivity contribution in [2.75, 3.05) is 11.6 Å². The molecule has 5 nitrogen and oxygen atoms in total. The van der Waals surface area contributed by atoms with Gasteiger partial charge in [-0.2, -0.15) is 0 Å². The fourth-order valence-corrected chi connectivity index (χ4v) is 2.98. The van der Waals surface area contributed by atoms with E-state index in [9.17, 15) is 13.8 Å². The van der Waals surface area contributed by atoms with Crippen LogP contribution in [0.4, 0.5) is 5.69 Å². The van der Waals surface area contributed by atoms with Crippen molar-refractivity contribution in [3.8, 4) is 0 Å². The Hall–Kier alpha value is -1.92. The predicted octanol–water partition coefficient (Wildman–Crippen LogP) is 2.47. The van der Waals surface area contributed by atoms with Gasteiger partial charge in [-0.05, 0) is 42.3 Å². The van der Waals surface area contributed by atoms with Gasteiger partial charge in [0.25, 0.3) is 11.5 Å². The fourth-order valence-electron chi connectivity index (χ4n) is 2.03. The zero-order chi connectivity index (χ0) is 16.3. The number of aromatic nitrogens is 1. The van der Waals surface area contributed by atoms with Crippen LogP contribution in [0, 0.1) is 6.92 Å². The number of nitrogens with one attached hydrogen (secondary N) is 2. The SMILES string of the molecule is Cc1cc[nH]c(=O)c1C(=O)Nc1ccc(Cl)c(C[S@](C)=O)c1. The molecule has 1 aromatic heterocycles. The monoisotopic (exact) mass is 338 g/mol. The van der Waals surface area contributed by atoms with Crippen LogP contribution < -0.4 is 10.9 Å². The Balaban J connectivity index is 2.29. The quantitative estimate of drug-likeness (QED) is 0.898. The van der Waals surface area contributed by atoms with Gasteiger partial charge in [0.2, 0.25) is 0 Å². The van der Waals surface area contributed by atoms with Crippen molar-refractivity contribution in [1.29, 1.82) is 0 Å². The van der Waals surface area contributed by atoms with Crippen LogP contribution in [0.5, 0.6) is 0 Å². The largest absolute Gasteiger partial charge is 0.328 e. The van der Waals surface area contributed by atoms with Crippen molar-refractivity contribution in [2.45, 2.75) is 12.7 Å². The number of carbonyl (C=O) groups excluding carboxylic acids is 1. The summed E-state index contributed by atoms with van der Waals surface area (Å²) in [5.74, 6) is -0.196. The summed E-state index contributed by atoms with van der Waals surface area (Å²) >= 11 is 6.04. The number of benzene rings is 1. The molecular formula is C15H15ClN2O3S. The zero-order valence-corrected chi connectivity index (χ0v) is 13.7. The second-order valence-corrected chi connectivity index (χ2v) is 6.68. The molecule has 1 amide bonds. The Bertz CT molecular complexity index is 802. The molecule has 0 fully saturated rings. The minimum absolute atomic E-state index is 0.0677. The number of aryl methyl sites for hydroxylation is 1. The Morgan fingerprint density at radius 2 is 2.09 bits per heavy atom. The topological polar surface area (TPSA) is 79.0 Å². The normalized spacial score (nSPS) is 12.0. The van der Waals surface area contributed by atoms with Crippen LogP contribution >= 0.6 is 11.6 Å². The minimum atomic E-state index is -1.04. The van der Waals surface area contributed by atoms with E-state index >= 15 is 0 Å². The van der Waals surface area contributed by atoms with Crippen LogP contribution in [0.25, 0.3) is 0 Å². The molecule has 0 aliphatic carbocycles. The third-order valence-corrected chi connectivity index (χ3v) is 4.14. The van der Waals surface area contributed by atoms with E-state index in [-0.39, 0.29) is 5.56 Å². The molecule has 0 unspecified atom stereocenters. The first-order valence-electron chi connectivity index (χ1n) is 6.46. The third kappa shape index (κ3) is 3.84. The van der Waals surface area contributed by atoms with E-state index in [0.29, 0.717) is 27.6 Å². The third-order valence-electron chi connectivity index (χ3n) is 3.06. The molecule has 0 aliphatic heterocycles. The smallest absolute Gasteiger partial charge is 0.261 e. The molecule has 1 atom stereocenters. The molecule has 7 heteroatoms.